The number of aromatic nitrogens is 1. The van der Waals surface area contributed by atoms with Crippen LogP contribution in [-0.4, -0.2) is 17.6 Å². The summed E-state index contributed by atoms with van der Waals surface area (Å²) in [4.78, 5) is 16.5. The Morgan fingerprint density at radius 2 is 2.33 bits per heavy atom. The van der Waals surface area contributed by atoms with Crippen LogP contribution in [0.2, 0.25) is 0 Å². The number of unbranched alkanes of at least 4 members (excludes halogenated alkanes) is 1. The van der Waals surface area contributed by atoms with E-state index < -0.39 is 0 Å². The molecule has 1 aromatic rings. The average molecular weight is 227 g/mol. The van der Waals surface area contributed by atoms with Gasteiger partial charge in [-0.2, -0.15) is 0 Å². The van der Waals surface area contributed by atoms with Crippen LogP contribution >= 0.6 is 11.3 Å². The van der Waals surface area contributed by atoms with E-state index in [0.717, 1.165) is 30.0 Å². The van der Waals surface area contributed by atoms with Gasteiger partial charge in [-0.25, -0.2) is 9.78 Å². The van der Waals surface area contributed by atoms with Crippen molar-refractivity contribution in [1.29, 1.82) is 0 Å². The third kappa shape index (κ3) is 4.29. The van der Waals surface area contributed by atoms with E-state index >= 15 is 0 Å². The first-order valence-electron chi connectivity index (χ1n) is 5.14. The largest absolute Gasteiger partial charge is 0.338 e. The maximum absolute atomic E-state index is 11.3. The van der Waals surface area contributed by atoms with Crippen LogP contribution in [0.1, 0.15) is 30.3 Å². The molecule has 5 heteroatoms. The summed E-state index contributed by atoms with van der Waals surface area (Å²) in [6.45, 7) is 5.35. The minimum absolute atomic E-state index is 0.101. The highest BCUT2D eigenvalue weighted by molar-refractivity contribution is 7.09. The number of urea groups is 1. The van der Waals surface area contributed by atoms with Crippen molar-refractivity contribution in [3.63, 3.8) is 0 Å². The molecule has 15 heavy (non-hydrogen) atoms. The molecule has 84 valence electrons. The first kappa shape index (κ1) is 12.0. The zero-order valence-corrected chi connectivity index (χ0v) is 9.99. The van der Waals surface area contributed by atoms with Gasteiger partial charge in [-0.3, -0.25) is 0 Å². The Kier molecular flexibility index (Phi) is 5.10. The van der Waals surface area contributed by atoms with Crippen molar-refractivity contribution < 1.29 is 4.79 Å². The van der Waals surface area contributed by atoms with Crippen LogP contribution in [0.4, 0.5) is 4.79 Å². The maximum Gasteiger partial charge on any atom is 0.315 e. The second kappa shape index (κ2) is 6.40. The van der Waals surface area contributed by atoms with Crippen LogP contribution < -0.4 is 10.6 Å². The molecule has 0 aliphatic rings. The topological polar surface area (TPSA) is 54.0 Å². The van der Waals surface area contributed by atoms with Crippen molar-refractivity contribution in [1.82, 2.24) is 15.6 Å². The highest BCUT2D eigenvalue weighted by Crippen LogP contribution is 2.10. The highest BCUT2D eigenvalue weighted by atomic mass is 32.1. The Hall–Kier alpha value is -1.10. The van der Waals surface area contributed by atoms with Gasteiger partial charge in [0.05, 0.1) is 17.7 Å². The summed E-state index contributed by atoms with van der Waals surface area (Å²) in [6, 6.07) is -0.101. The van der Waals surface area contributed by atoms with Crippen molar-refractivity contribution in [2.75, 3.05) is 6.54 Å². The summed E-state index contributed by atoms with van der Waals surface area (Å²) < 4.78 is 0. The lowest BCUT2D eigenvalue weighted by Gasteiger charge is -2.05. The number of hydrogen-bond donors (Lipinski definition) is 2. The number of carbonyl (C=O) groups is 1. The Bertz CT molecular complexity index is 311. The van der Waals surface area contributed by atoms with Crippen molar-refractivity contribution in [2.24, 2.45) is 0 Å². The molecule has 0 radical (unpaired) electrons. The lowest BCUT2D eigenvalue weighted by molar-refractivity contribution is 0.240. The van der Waals surface area contributed by atoms with Crippen molar-refractivity contribution in [3.8, 4) is 0 Å². The summed E-state index contributed by atoms with van der Waals surface area (Å²) in [5.74, 6) is 0. The second-order valence-corrected chi connectivity index (χ2v) is 4.26. The summed E-state index contributed by atoms with van der Waals surface area (Å²) in [6.07, 6.45) is 2.11. The first-order chi connectivity index (χ1) is 7.24. The van der Waals surface area contributed by atoms with Crippen LogP contribution in [0.25, 0.3) is 0 Å². The molecule has 0 aliphatic heterocycles. The summed E-state index contributed by atoms with van der Waals surface area (Å²) in [5.41, 5.74) is 2.79. The monoisotopic (exact) mass is 227 g/mol. The lowest BCUT2D eigenvalue weighted by atomic mass is 10.3. The predicted octanol–water partition coefficient (Wildman–Crippen LogP) is 2.05. The van der Waals surface area contributed by atoms with Crippen LogP contribution in [0, 0.1) is 6.92 Å². The number of thiazole rings is 1. The van der Waals surface area contributed by atoms with Crippen molar-refractivity contribution >= 4 is 17.4 Å². The smallest absolute Gasteiger partial charge is 0.315 e. The minimum Gasteiger partial charge on any atom is -0.338 e. The van der Waals surface area contributed by atoms with Gasteiger partial charge >= 0.3 is 6.03 Å². The van der Waals surface area contributed by atoms with E-state index in [1.54, 1.807) is 16.8 Å². The third-order valence-corrected chi connectivity index (χ3v) is 3.01. The molecular weight excluding hydrogens is 210 g/mol. The molecular formula is C10H17N3OS. The van der Waals surface area contributed by atoms with Gasteiger partial charge < -0.3 is 10.6 Å². The van der Waals surface area contributed by atoms with Crippen LogP contribution in [0.3, 0.4) is 0 Å². The average Bonchev–Trinajstić information content (AvgIpc) is 2.61. The summed E-state index contributed by atoms with van der Waals surface area (Å²) in [7, 11) is 0. The molecule has 0 atom stereocenters. The Morgan fingerprint density at radius 1 is 1.53 bits per heavy atom. The van der Waals surface area contributed by atoms with Gasteiger partial charge in [-0.1, -0.05) is 13.3 Å². The van der Waals surface area contributed by atoms with E-state index in [0.29, 0.717) is 6.54 Å². The number of carbonyl (C=O) groups excluding carboxylic acids is 1. The van der Waals surface area contributed by atoms with Crippen LogP contribution in [-0.2, 0) is 6.54 Å². The number of nitrogens with one attached hydrogen (secondary N) is 2. The fourth-order valence-electron chi connectivity index (χ4n) is 1.10. The molecule has 0 fully saturated rings. The number of hydrogen-bond acceptors (Lipinski definition) is 3. The molecule has 0 saturated heterocycles. The van der Waals surface area contributed by atoms with Gasteiger partial charge in [0.15, 0.2) is 0 Å². The molecule has 1 rings (SSSR count). The van der Waals surface area contributed by atoms with Crippen LogP contribution in [0.5, 0.6) is 0 Å². The molecule has 1 aromatic heterocycles. The summed E-state index contributed by atoms with van der Waals surface area (Å²) in [5, 5.41) is 5.60. The Morgan fingerprint density at radius 3 is 2.93 bits per heavy atom. The number of amides is 2. The Labute approximate surface area is 94.1 Å². The molecule has 0 aliphatic carbocycles. The van der Waals surface area contributed by atoms with Crippen molar-refractivity contribution in [2.45, 2.75) is 33.2 Å². The van der Waals surface area contributed by atoms with Crippen LogP contribution in [0.15, 0.2) is 5.51 Å². The molecule has 2 N–H and O–H groups in total. The molecule has 2 amide bonds. The highest BCUT2D eigenvalue weighted by Gasteiger charge is 2.03. The fourth-order valence-corrected chi connectivity index (χ4v) is 1.81. The molecule has 1 heterocycles. The Balaban J connectivity index is 2.20. The molecule has 0 aromatic carbocycles. The van der Waals surface area contributed by atoms with E-state index in [9.17, 15) is 4.79 Å². The van der Waals surface area contributed by atoms with Gasteiger partial charge in [-0.15, -0.1) is 11.3 Å². The maximum atomic E-state index is 11.3. The lowest BCUT2D eigenvalue weighted by Crippen LogP contribution is -2.35. The van der Waals surface area contributed by atoms with E-state index in [4.69, 9.17) is 0 Å². The van der Waals surface area contributed by atoms with Crippen molar-refractivity contribution in [3.05, 3.63) is 16.1 Å². The SMILES string of the molecule is CCCCNC(=O)NCc1scnc1C. The fraction of sp³-hybridized carbons (Fsp3) is 0.600. The predicted molar refractivity (Wildman–Crippen MR) is 62.0 cm³/mol. The number of nitrogens with zero attached hydrogens (tertiary/aromatic N) is 1. The quantitative estimate of drug-likeness (QED) is 0.756. The van der Waals surface area contributed by atoms with Gasteiger partial charge in [0.25, 0.3) is 0 Å². The van der Waals surface area contributed by atoms with E-state index in [-0.39, 0.29) is 6.03 Å². The normalized spacial score (nSPS) is 10.0. The molecule has 4 nitrogen and oxygen atoms in total. The van der Waals surface area contributed by atoms with Gasteiger partial charge in [0.2, 0.25) is 0 Å². The first-order valence-corrected chi connectivity index (χ1v) is 6.02. The number of rotatable bonds is 5. The molecule has 0 saturated carbocycles. The van der Waals surface area contributed by atoms with E-state index in [1.807, 2.05) is 6.92 Å². The third-order valence-electron chi connectivity index (χ3n) is 2.07. The summed E-state index contributed by atoms with van der Waals surface area (Å²) >= 11 is 1.57. The minimum atomic E-state index is -0.101. The molecule has 0 unspecified atom stereocenters. The van der Waals surface area contributed by atoms with Gasteiger partial charge in [0.1, 0.15) is 0 Å². The standard InChI is InChI=1S/C10H17N3OS/c1-3-4-5-11-10(14)12-6-9-8(2)13-7-15-9/h7H,3-6H2,1-2H3,(H2,11,12,14). The van der Waals surface area contributed by atoms with Gasteiger partial charge in [-0.05, 0) is 13.3 Å². The zero-order valence-electron chi connectivity index (χ0n) is 9.17. The zero-order chi connectivity index (χ0) is 11.1. The van der Waals surface area contributed by atoms with E-state index in [2.05, 4.69) is 22.5 Å². The van der Waals surface area contributed by atoms with Gasteiger partial charge in [0, 0.05) is 11.4 Å². The molecule has 0 spiro atoms. The van der Waals surface area contributed by atoms with E-state index in [1.165, 1.54) is 0 Å². The molecule has 0 bridgehead atoms. The second-order valence-electron chi connectivity index (χ2n) is 3.32. The number of aryl methyl sites for hydroxylation is 1.